The highest BCUT2D eigenvalue weighted by Gasteiger charge is 2.56. The van der Waals surface area contributed by atoms with Crippen LogP contribution >= 0.6 is 11.6 Å². The Kier molecular flexibility index (Phi) is 8.80. The Hall–Kier alpha value is -4.01. The zero-order valence-corrected chi connectivity index (χ0v) is 26.0. The van der Waals surface area contributed by atoms with Gasteiger partial charge in [0.05, 0.1) is 35.8 Å². The molecule has 3 heterocycles. The number of rotatable bonds is 10. The number of amides is 1. The zero-order chi connectivity index (χ0) is 31.7. The van der Waals surface area contributed by atoms with Crippen LogP contribution in [-0.2, 0) is 17.8 Å². The SMILES string of the molecule is C=CC(=O)N1CCN(c2nc(OCCN(C)CC3CC3(F)F)nc3c2CCN(c2cccc4cccc(Cl)c24)C3)CC1CC#N. The molecule has 1 saturated heterocycles. The fraction of sp³-hybridized carbons (Fsp3) is 0.455. The quantitative estimate of drug-likeness (QED) is 0.290. The van der Waals surface area contributed by atoms with Crippen molar-refractivity contribution in [2.24, 2.45) is 5.92 Å². The molecule has 12 heteroatoms. The van der Waals surface area contributed by atoms with Crippen LogP contribution in [-0.4, -0.2) is 90.6 Å². The van der Waals surface area contributed by atoms with Crippen LogP contribution in [0, 0.1) is 17.2 Å². The van der Waals surface area contributed by atoms with E-state index in [0.29, 0.717) is 50.7 Å². The number of carbonyl (C=O) groups excluding carboxylic acids is 1. The molecule has 1 amide bonds. The first-order chi connectivity index (χ1) is 21.7. The highest BCUT2D eigenvalue weighted by molar-refractivity contribution is 6.36. The van der Waals surface area contributed by atoms with E-state index < -0.39 is 11.8 Å². The second-order valence-corrected chi connectivity index (χ2v) is 12.4. The number of alkyl halides is 2. The van der Waals surface area contributed by atoms with Crippen LogP contribution < -0.4 is 14.5 Å². The van der Waals surface area contributed by atoms with Crippen LogP contribution in [0.15, 0.2) is 49.1 Å². The van der Waals surface area contributed by atoms with Gasteiger partial charge in [-0.25, -0.2) is 8.78 Å². The van der Waals surface area contributed by atoms with E-state index in [9.17, 15) is 18.8 Å². The van der Waals surface area contributed by atoms with Gasteiger partial charge >= 0.3 is 6.01 Å². The summed E-state index contributed by atoms with van der Waals surface area (Å²) in [6.07, 6.45) is 2.09. The van der Waals surface area contributed by atoms with E-state index >= 15 is 0 Å². The van der Waals surface area contributed by atoms with Gasteiger partial charge in [-0.15, -0.1) is 0 Å². The maximum Gasteiger partial charge on any atom is 0.318 e. The van der Waals surface area contributed by atoms with Gasteiger partial charge in [0.1, 0.15) is 12.4 Å². The number of fused-ring (bicyclic) bond motifs is 2. The third-order valence-corrected chi connectivity index (χ3v) is 9.27. The number of hydrogen-bond acceptors (Lipinski definition) is 8. The lowest BCUT2D eigenvalue weighted by Crippen LogP contribution is -2.55. The van der Waals surface area contributed by atoms with Crippen molar-refractivity contribution in [1.29, 1.82) is 5.26 Å². The lowest BCUT2D eigenvalue weighted by molar-refractivity contribution is -0.128. The molecule has 1 saturated carbocycles. The maximum atomic E-state index is 13.4. The number of ether oxygens (including phenoxy) is 1. The fourth-order valence-electron chi connectivity index (χ4n) is 6.42. The Morgan fingerprint density at radius 3 is 2.73 bits per heavy atom. The summed E-state index contributed by atoms with van der Waals surface area (Å²) in [7, 11) is 1.81. The molecule has 0 spiro atoms. The number of nitriles is 1. The van der Waals surface area contributed by atoms with Gasteiger partial charge in [-0.05, 0) is 37.1 Å². The number of anilines is 2. The van der Waals surface area contributed by atoms with Crippen molar-refractivity contribution in [3.8, 4) is 12.1 Å². The molecule has 2 fully saturated rings. The van der Waals surface area contributed by atoms with Crippen molar-refractivity contribution in [2.75, 3.05) is 62.7 Å². The molecule has 0 radical (unpaired) electrons. The summed E-state index contributed by atoms with van der Waals surface area (Å²) >= 11 is 6.67. The van der Waals surface area contributed by atoms with Gasteiger partial charge in [-0.1, -0.05) is 42.4 Å². The van der Waals surface area contributed by atoms with Gasteiger partial charge in [0, 0.05) is 68.2 Å². The minimum Gasteiger partial charge on any atom is -0.462 e. The van der Waals surface area contributed by atoms with Crippen LogP contribution in [0.25, 0.3) is 10.8 Å². The van der Waals surface area contributed by atoms with E-state index in [-0.39, 0.29) is 37.4 Å². The van der Waals surface area contributed by atoms with Crippen LogP contribution in [0.5, 0.6) is 6.01 Å². The summed E-state index contributed by atoms with van der Waals surface area (Å²) < 4.78 is 32.9. The summed E-state index contributed by atoms with van der Waals surface area (Å²) in [6.45, 7) is 7.27. The number of piperazine rings is 1. The maximum absolute atomic E-state index is 13.4. The molecule has 2 aliphatic heterocycles. The number of carbonyl (C=O) groups is 1. The molecule has 0 N–H and O–H groups in total. The molecule has 1 aromatic heterocycles. The molecule has 45 heavy (non-hydrogen) atoms. The van der Waals surface area contributed by atoms with E-state index in [1.165, 1.54) is 6.08 Å². The topological polar surface area (TPSA) is 88.8 Å². The molecule has 2 unspecified atom stereocenters. The first-order valence-electron chi connectivity index (χ1n) is 15.2. The molecular weight excluding hydrogens is 600 g/mol. The van der Waals surface area contributed by atoms with E-state index in [0.717, 1.165) is 40.1 Å². The standard InChI is InChI=1S/C33H36ClF2N7O2/c1-3-29(44)43-15-14-42(20-24(43)10-12-37)31-25-11-13-41(28-9-5-7-22-6-4-8-26(34)30(22)28)21-27(25)38-32(39-31)45-17-16-40(2)19-23-18-33(23,35)36/h3-9,23-24H,1,10-11,13-21H2,2H3. The molecule has 3 aromatic rings. The first kappa shape index (κ1) is 31.0. The molecule has 236 valence electrons. The highest BCUT2D eigenvalue weighted by atomic mass is 35.5. The second-order valence-electron chi connectivity index (χ2n) is 12.0. The second kappa shape index (κ2) is 12.8. The average Bonchev–Trinajstić information content (AvgIpc) is 3.64. The average molecular weight is 636 g/mol. The lowest BCUT2D eigenvalue weighted by atomic mass is 10.0. The van der Waals surface area contributed by atoms with E-state index in [2.05, 4.69) is 28.5 Å². The highest BCUT2D eigenvalue weighted by Crippen LogP contribution is 2.48. The van der Waals surface area contributed by atoms with Gasteiger partial charge in [-0.2, -0.15) is 15.2 Å². The third kappa shape index (κ3) is 6.53. The molecular formula is C33H36ClF2N7O2. The minimum atomic E-state index is -2.56. The molecule has 6 rings (SSSR count). The van der Waals surface area contributed by atoms with Crippen LogP contribution in [0.4, 0.5) is 20.3 Å². The van der Waals surface area contributed by atoms with Crippen LogP contribution in [0.3, 0.4) is 0 Å². The van der Waals surface area contributed by atoms with Gasteiger partial charge in [0.2, 0.25) is 5.91 Å². The molecule has 2 aromatic carbocycles. The molecule has 0 bridgehead atoms. The zero-order valence-electron chi connectivity index (χ0n) is 25.3. The molecule has 3 aliphatic rings. The first-order valence-corrected chi connectivity index (χ1v) is 15.6. The summed E-state index contributed by atoms with van der Waals surface area (Å²) in [4.78, 5) is 30.2. The number of likely N-dealkylation sites (N-methyl/N-ethyl adjacent to an activating group) is 1. The van der Waals surface area contributed by atoms with E-state index in [1.807, 2.05) is 42.3 Å². The Bertz CT molecular complexity index is 1640. The van der Waals surface area contributed by atoms with Gasteiger partial charge in [-0.3, -0.25) is 4.79 Å². The monoisotopic (exact) mass is 635 g/mol. The summed E-state index contributed by atoms with van der Waals surface area (Å²) in [6, 6.07) is 14.1. The Balaban J connectivity index is 1.28. The summed E-state index contributed by atoms with van der Waals surface area (Å²) in [5.74, 6) is -2.61. The number of benzene rings is 2. The fourth-order valence-corrected chi connectivity index (χ4v) is 6.70. The Morgan fingerprint density at radius 2 is 2.00 bits per heavy atom. The predicted octanol–water partition coefficient (Wildman–Crippen LogP) is 4.93. The number of aromatic nitrogens is 2. The molecule has 2 atom stereocenters. The van der Waals surface area contributed by atoms with Crippen LogP contribution in [0.1, 0.15) is 24.1 Å². The van der Waals surface area contributed by atoms with E-state index in [1.54, 1.807) is 4.90 Å². The number of nitrogens with zero attached hydrogens (tertiary/aromatic N) is 7. The Labute approximate surface area is 266 Å². The van der Waals surface area contributed by atoms with Gasteiger partial charge in [0.15, 0.2) is 0 Å². The van der Waals surface area contributed by atoms with E-state index in [4.69, 9.17) is 26.3 Å². The van der Waals surface area contributed by atoms with Crippen LogP contribution in [0.2, 0.25) is 5.02 Å². The van der Waals surface area contributed by atoms with Gasteiger partial charge < -0.3 is 24.3 Å². The molecule has 1 aliphatic carbocycles. The van der Waals surface area contributed by atoms with Crippen molar-refractivity contribution in [1.82, 2.24) is 19.8 Å². The minimum absolute atomic E-state index is 0.0631. The Morgan fingerprint density at radius 1 is 1.22 bits per heavy atom. The summed E-state index contributed by atoms with van der Waals surface area (Å²) in [5, 5.41) is 12.2. The predicted molar refractivity (Wildman–Crippen MR) is 170 cm³/mol. The summed E-state index contributed by atoms with van der Waals surface area (Å²) in [5.41, 5.74) is 2.87. The molecule has 9 nitrogen and oxygen atoms in total. The van der Waals surface area contributed by atoms with Crippen molar-refractivity contribution in [2.45, 2.75) is 37.8 Å². The lowest BCUT2D eigenvalue weighted by Gasteiger charge is -2.42. The van der Waals surface area contributed by atoms with Crippen molar-refractivity contribution in [3.05, 3.63) is 65.3 Å². The number of halogens is 3. The van der Waals surface area contributed by atoms with Crippen molar-refractivity contribution >= 4 is 39.8 Å². The van der Waals surface area contributed by atoms with Gasteiger partial charge in [0.25, 0.3) is 5.92 Å². The normalized spacial score (nSPS) is 20.6. The largest absolute Gasteiger partial charge is 0.462 e. The third-order valence-electron chi connectivity index (χ3n) is 8.95. The van der Waals surface area contributed by atoms with Crippen molar-refractivity contribution < 1.29 is 18.3 Å². The number of hydrogen-bond donors (Lipinski definition) is 0. The van der Waals surface area contributed by atoms with Crippen molar-refractivity contribution in [3.63, 3.8) is 0 Å². The smallest absolute Gasteiger partial charge is 0.318 e.